The molecule has 1 N–H and O–H groups in total. The Balaban J connectivity index is 2.21. The maximum atomic E-state index is 13.1. The summed E-state index contributed by atoms with van der Waals surface area (Å²) in [5.74, 6) is 1.22. The minimum atomic E-state index is -0.244. The Bertz CT molecular complexity index is 598. The molecule has 112 valence electrons. The Labute approximate surface area is 126 Å². The fourth-order valence-electron chi connectivity index (χ4n) is 2.39. The summed E-state index contributed by atoms with van der Waals surface area (Å²) < 4.78 is 19.0. The van der Waals surface area contributed by atoms with Crippen molar-refractivity contribution < 1.29 is 9.13 Å². The van der Waals surface area contributed by atoms with Gasteiger partial charge >= 0.3 is 0 Å². The number of ether oxygens (including phenoxy) is 1. The summed E-state index contributed by atoms with van der Waals surface area (Å²) in [6, 6.07) is 12.9. The maximum Gasteiger partial charge on any atom is 0.130 e. The molecule has 2 aromatic rings. The lowest BCUT2D eigenvalue weighted by molar-refractivity contribution is 0.472. The first-order valence-electron chi connectivity index (χ1n) is 7.41. The molecule has 2 rings (SSSR count). The van der Waals surface area contributed by atoms with Crippen molar-refractivity contribution in [3.05, 3.63) is 59.4 Å². The average Bonchev–Trinajstić information content (AvgIpc) is 2.48. The molecule has 0 amide bonds. The number of hydrogen-bond donors (Lipinski definition) is 1. The summed E-state index contributed by atoms with van der Waals surface area (Å²) in [5.41, 5.74) is 2.00. The topological polar surface area (TPSA) is 21.3 Å². The minimum absolute atomic E-state index is 0.244. The van der Waals surface area contributed by atoms with Crippen molar-refractivity contribution in [3.63, 3.8) is 0 Å². The molecule has 0 saturated carbocycles. The molecule has 0 fully saturated rings. The number of rotatable bonds is 6. The molecule has 0 aliphatic rings. The molecule has 0 bridgehead atoms. The molecule has 0 saturated heterocycles. The van der Waals surface area contributed by atoms with E-state index in [1.165, 1.54) is 17.7 Å². The molecule has 0 radical (unpaired) electrons. The van der Waals surface area contributed by atoms with Gasteiger partial charge in [0.15, 0.2) is 0 Å². The van der Waals surface area contributed by atoms with Gasteiger partial charge in [0.05, 0.1) is 0 Å². The van der Waals surface area contributed by atoms with Crippen LogP contribution >= 0.6 is 0 Å². The van der Waals surface area contributed by atoms with Gasteiger partial charge in [0.2, 0.25) is 0 Å². The molecule has 3 heteroatoms. The first-order chi connectivity index (χ1) is 10.1. The van der Waals surface area contributed by atoms with Gasteiger partial charge in [-0.3, -0.25) is 0 Å². The van der Waals surface area contributed by atoms with E-state index < -0.39 is 0 Å². The Morgan fingerprint density at radius 3 is 2.62 bits per heavy atom. The Kier molecular flexibility index (Phi) is 5.34. The van der Waals surface area contributed by atoms with Gasteiger partial charge in [0.25, 0.3) is 0 Å². The monoisotopic (exact) mass is 287 g/mol. The highest BCUT2D eigenvalue weighted by atomic mass is 19.1. The van der Waals surface area contributed by atoms with Gasteiger partial charge < -0.3 is 10.1 Å². The number of hydrogen-bond acceptors (Lipinski definition) is 2. The number of halogens is 1. The van der Waals surface area contributed by atoms with Crippen LogP contribution in [0.25, 0.3) is 0 Å². The van der Waals surface area contributed by atoms with Crippen molar-refractivity contribution in [2.45, 2.75) is 33.2 Å². The highest BCUT2D eigenvalue weighted by Gasteiger charge is 2.09. The van der Waals surface area contributed by atoms with Crippen LogP contribution in [-0.2, 0) is 0 Å². The van der Waals surface area contributed by atoms with Gasteiger partial charge in [-0.05, 0) is 61.3 Å². The van der Waals surface area contributed by atoms with Gasteiger partial charge in [0.1, 0.15) is 17.3 Å². The number of nitrogens with one attached hydrogen (secondary N) is 1. The van der Waals surface area contributed by atoms with Crippen LogP contribution in [0.5, 0.6) is 11.5 Å². The highest BCUT2D eigenvalue weighted by molar-refractivity contribution is 5.39. The average molecular weight is 287 g/mol. The molecule has 0 heterocycles. The largest absolute Gasteiger partial charge is 0.457 e. The van der Waals surface area contributed by atoms with Crippen LogP contribution in [0.3, 0.4) is 0 Å². The first-order valence-corrected chi connectivity index (χ1v) is 7.41. The molecule has 2 nitrogen and oxygen atoms in total. The van der Waals surface area contributed by atoms with E-state index in [0.29, 0.717) is 11.8 Å². The molecule has 0 spiro atoms. The number of aryl methyl sites for hydroxylation is 1. The second-order valence-corrected chi connectivity index (χ2v) is 5.10. The van der Waals surface area contributed by atoms with Crippen LogP contribution in [-0.4, -0.2) is 6.54 Å². The minimum Gasteiger partial charge on any atom is -0.457 e. The second-order valence-electron chi connectivity index (χ2n) is 5.10. The highest BCUT2D eigenvalue weighted by Crippen LogP contribution is 2.28. The standard InChI is InChI=1S/C18H22FNO/c1-4-17(20-5-2)14-7-6-8-16(12-14)21-18-10-9-15(19)11-13(18)3/h6-12,17,20H,4-5H2,1-3H3. The number of benzene rings is 2. The summed E-state index contributed by atoms with van der Waals surface area (Å²) in [7, 11) is 0. The van der Waals surface area contributed by atoms with Crippen molar-refractivity contribution >= 4 is 0 Å². The zero-order chi connectivity index (χ0) is 15.2. The second kappa shape index (κ2) is 7.23. The lowest BCUT2D eigenvalue weighted by Crippen LogP contribution is -2.19. The predicted molar refractivity (Wildman–Crippen MR) is 84.4 cm³/mol. The Morgan fingerprint density at radius 1 is 1.14 bits per heavy atom. The van der Waals surface area contributed by atoms with E-state index in [2.05, 4.69) is 25.2 Å². The maximum absolute atomic E-state index is 13.1. The molecule has 0 aliphatic carbocycles. The van der Waals surface area contributed by atoms with Crippen LogP contribution in [0.1, 0.15) is 37.4 Å². The molecule has 1 unspecified atom stereocenters. The summed E-state index contributed by atoms with van der Waals surface area (Å²) >= 11 is 0. The lowest BCUT2D eigenvalue weighted by Gasteiger charge is -2.17. The zero-order valence-corrected chi connectivity index (χ0v) is 12.8. The van der Waals surface area contributed by atoms with Crippen LogP contribution in [0.2, 0.25) is 0 Å². The Morgan fingerprint density at radius 2 is 1.95 bits per heavy atom. The summed E-state index contributed by atoms with van der Waals surface area (Å²) in [5, 5.41) is 3.45. The fraction of sp³-hybridized carbons (Fsp3) is 0.333. The van der Waals surface area contributed by atoms with Crippen molar-refractivity contribution in [3.8, 4) is 11.5 Å². The van der Waals surface area contributed by atoms with Crippen LogP contribution in [0.4, 0.5) is 4.39 Å². The van der Waals surface area contributed by atoms with E-state index in [4.69, 9.17) is 4.74 Å². The smallest absolute Gasteiger partial charge is 0.130 e. The molecular weight excluding hydrogens is 265 g/mol. The zero-order valence-electron chi connectivity index (χ0n) is 12.8. The van der Waals surface area contributed by atoms with Crippen LogP contribution in [0.15, 0.2) is 42.5 Å². The third-order valence-corrected chi connectivity index (χ3v) is 3.48. The van der Waals surface area contributed by atoms with Gasteiger partial charge in [0, 0.05) is 6.04 Å². The molecular formula is C18H22FNO. The van der Waals surface area contributed by atoms with Crippen LogP contribution in [0, 0.1) is 12.7 Å². The molecule has 1 atom stereocenters. The van der Waals surface area contributed by atoms with E-state index >= 15 is 0 Å². The van der Waals surface area contributed by atoms with Crippen molar-refractivity contribution in [2.75, 3.05) is 6.54 Å². The van der Waals surface area contributed by atoms with E-state index in [1.54, 1.807) is 6.07 Å². The summed E-state index contributed by atoms with van der Waals surface area (Å²) in [6.45, 7) is 7.03. The van der Waals surface area contributed by atoms with E-state index in [0.717, 1.165) is 24.3 Å². The summed E-state index contributed by atoms with van der Waals surface area (Å²) in [4.78, 5) is 0. The third-order valence-electron chi connectivity index (χ3n) is 3.48. The molecule has 0 aliphatic heterocycles. The quantitative estimate of drug-likeness (QED) is 0.808. The van der Waals surface area contributed by atoms with Crippen molar-refractivity contribution in [1.29, 1.82) is 0 Å². The predicted octanol–water partition coefficient (Wildman–Crippen LogP) is 4.99. The van der Waals surface area contributed by atoms with Gasteiger partial charge in [-0.2, -0.15) is 0 Å². The normalized spacial score (nSPS) is 12.2. The third kappa shape index (κ3) is 4.05. The van der Waals surface area contributed by atoms with E-state index in [9.17, 15) is 4.39 Å². The van der Waals surface area contributed by atoms with E-state index in [-0.39, 0.29) is 5.82 Å². The van der Waals surface area contributed by atoms with Crippen LogP contribution < -0.4 is 10.1 Å². The SMILES string of the molecule is CCNC(CC)c1cccc(Oc2ccc(F)cc2C)c1. The molecule has 21 heavy (non-hydrogen) atoms. The molecule has 0 aromatic heterocycles. The van der Waals surface area contributed by atoms with Gasteiger partial charge in [-0.25, -0.2) is 4.39 Å². The van der Waals surface area contributed by atoms with Crippen molar-refractivity contribution in [2.24, 2.45) is 0 Å². The lowest BCUT2D eigenvalue weighted by atomic mass is 10.0. The fourth-order valence-corrected chi connectivity index (χ4v) is 2.39. The summed E-state index contributed by atoms with van der Waals surface area (Å²) in [6.07, 6.45) is 1.02. The van der Waals surface area contributed by atoms with Gasteiger partial charge in [-0.15, -0.1) is 0 Å². The van der Waals surface area contributed by atoms with Gasteiger partial charge in [-0.1, -0.05) is 26.0 Å². The van der Waals surface area contributed by atoms with Crippen molar-refractivity contribution in [1.82, 2.24) is 5.32 Å². The van der Waals surface area contributed by atoms with E-state index in [1.807, 2.05) is 25.1 Å². The first kappa shape index (κ1) is 15.5. The molecule has 2 aromatic carbocycles. The Hall–Kier alpha value is -1.87.